The minimum Gasteiger partial charge on any atom is -0.497 e. The van der Waals surface area contributed by atoms with E-state index >= 15 is 0 Å². The summed E-state index contributed by atoms with van der Waals surface area (Å²) < 4.78 is 61.2. The largest absolute Gasteiger partial charge is 0.527 e. The van der Waals surface area contributed by atoms with Gasteiger partial charge in [-0.05, 0) is 36.4 Å². The molecule has 0 saturated carbocycles. The summed E-state index contributed by atoms with van der Waals surface area (Å²) in [6.45, 7) is 2.22. The number of nitrogens with one attached hydrogen (secondary N) is 1. The lowest BCUT2D eigenvalue weighted by Crippen LogP contribution is -2.45. The third-order valence-corrected chi connectivity index (χ3v) is 7.13. The number of morpholine rings is 1. The molecule has 176 valence electrons. The van der Waals surface area contributed by atoms with Crippen LogP contribution < -0.4 is 14.0 Å². The van der Waals surface area contributed by atoms with E-state index in [-0.39, 0.29) is 23.7 Å². The monoisotopic (exact) mass is 486 g/mol. The van der Waals surface area contributed by atoms with E-state index in [1.807, 2.05) is 4.90 Å². The molecule has 1 heterocycles. The highest BCUT2D eigenvalue weighted by Gasteiger charge is 2.31. The summed E-state index contributed by atoms with van der Waals surface area (Å²) in [4.78, 5) is 12.3. The van der Waals surface area contributed by atoms with Gasteiger partial charge in [0.05, 0.1) is 31.3 Å². The maximum atomic E-state index is 12.7. The molecular formula is C20H27N2O8PS. The van der Waals surface area contributed by atoms with Crippen LogP contribution in [0.25, 0.3) is 0 Å². The SMILES string of the molecule is COc1ccc(S(=O)(=O)NCC(CN2CCOCC2)OP(=O)(O)Oc2ccccc2)cc1. The van der Waals surface area contributed by atoms with Crippen molar-refractivity contribution in [3.05, 3.63) is 54.6 Å². The normalized spacial score (nSPS) is 17.9. The second-order valence-corrected chi connectivity index (χ2v) is 10.1. The van der Waals surface area contributed by atoms with Crippen LogP contribution in [0.5, 0.6) is 11.5 Å². The molecule has 0 bridgehead atoms. The highest BCUT2D eigenvalue weighted by Crippen LogP contribution is 2.45. The highest BCUT2D eigenvalue weighted by atomic mass is 32.2. The van der Waals surface area contributed by atoms with Gasteiger partial charge in [-0.3, -0.25) is 14.3 Å². The predicted molar refractivity (Wildman–Crippen MR) is 117 cm³/mol. The number of phosphoric acid groups is 1. The Morgan fingerprint density at radius 2 is 1.75 bits per heavy atom. The van der Waals surface area contributed by atoms with Crippen LogP contribution in [0.4, 0.5) is 0 Å². The number of methoxy groups -OCH3 is 1. The second kappa shape index (κ2) is 11.2. The van der Waals surface area contributed by atoms with Gasteiger partial charge in [-0.1, -0.05) is 18.2 Å². The van der Waals surface area contributed by atoms with Gasteiger partial charge in [0.25, 0.3) is 0 Å². The van der Waals surface area contributed by atoms with Crippen LogP contribution in [-0.2, 0) is 23.8 Å². The minimum absolute atomic E-state index is 0.0381. The number of para-hydroxylation sites is 1. The van der Waals surface area contributed by atoms with Gasteiger partial charge < -0.3 is 14.0 Å². The van der Waals surface area contributed by atoms with Gasteiger partial charge in [-0.25, -0.2) is 17.7 Å². The summed E-state index contributed by atoms with van der Waals surface area (Å²) in [6.07, 6.45) is -0.944. The smallest absolute Gasteiger partial charge is 0.497 e. The summed E-state index contributed by atoms with van der Waals surface area (Å²) in [6, 6.07) is 14.0. The van der Waals surface area contributed by atoms with Crippen LogP contribution in [0.1, 0.15) is 0 Å². The van der Waals surface area contributed by atoms with Gasteiger partial charge >= 0.3 is 7.82 Å². The molecule has 1 fully saturated rings. The van der Waals surface area contributed by atoms with Crippen LogP contribution in [-0.4, -0.2) is 70.8 Å². The minimum atomic E-state index is -4.51. The quantitative estimate of drug-likeness (QED) is 0.458. The van der Waals surface area contributed by atoms with Crippen LogP contribution in [0.15, 0.2) is 59.5 Å². The number of sulfonamides is 1. The Morgan fingerprint density at radius 3 is 2.38 bits per heavy atom. The molecule has 0 aromatic heterocycles. The fraction of sp³-hybridized carbons (Fsp3) is 0.400. The Hall–Kier alpha value is -1.98. The van der Waals surface area contributed by atoms with Gasteiger partial charge in [0.15, 0.2) is 0 Å². The number of ether oxygens (including phenoxy) is 2. The topological polar surface area (TPSA) is 124 Å². The Bertz CT molecular complexity index is 998. The maximum Gasteiger partial charge on any atom is 0.527 e. The molecular weight excluding hydrogens is 459 g/mol. The van der Waals surface area contributed by atoms with Crippen molar-refractivity contribution in [2.45, 2.75) is 11.0 Å². The third kappa shape index (κ3) is 7.56. The lowest BCUT2D eigenvalue weighted by molar-refractivity contribution is 0.0157. The van der Waals surface area contributed by atoms with Crippen molar-refractivity contribution in [2.24, 2.45) is 0 Å². The fourth-order valence-electron chi connectivity index (χ4n) is 3.07. The Labute approximate surface area is 187 Å². The molecule has 0 radical (unpaired) electrons. The summed E-state index contributed by atoms with van der Waals surface area (Å²) in [5.74, 6) is 0.694. The van der Waals surface area contributed by atoms with Crippen molar-refractivity contribution < 1.29 is 36.4 Å². The van der Waals surface area contributed by atoms with Gasteiger partial charge in [0, 0.05) is 26.2 Å². The summed E-state index contributed by atoms with van der Waals surface area (Å²) >= 11 is 0. The number of nitrogens with zero attached hydrogens (tertiary/aromatic N) is 1. The zero-order valence-corrected chi connectivity index (χ0v) is 19.3. The molecule has 2 N–H and O–H groups in total. The third-order valence-electron chi connectivity index (χ3n) is 4.68. The van der Waals surface area contributed by atoms with Crippen LogP contribution in [0.3, 0.4) is 0 Å². The summed E-state index contributed by atoms with van der Waals surface area (Å²) in [5, 5.41) is 0. The van der Waals surface area contributed by atoms with Crippen molar-refractivity contribution >= 4 is 17.8 Å². The molecule has 10 nitrogen and oxygen atoms in total. The zero-order valence-electron chi connectivity index (χ0n) is 17.6. The van der Waals surface area contributed by atoms with Crippen molar-refractivity contribution in [1.29, 1.82) is 0 Å². The van der Waals surface area contributed by atoms with Crippen molar-refractivity contribution in [3.8, 4) is 11.5 Å². The van der Waals surface area contributed by atoms with E-state index in [0.717, 1.165) is 0 Å². The number of phosphoric ester groups is 1. The van der Waals surface area contributed by atoms with E-state index in [4.69, 9.17) is 18.5 Å². The number of hydrogen-bond donors (Lipinski definition) is 2. The molecule has 2 aromatic carbocycles. The van der Waals surface area contributed by atoms with E-state index in [0.29, 0.717) is 32.1 Å². The van der Waals surface area contributed by atoms with Gasteiger partial charge in [0.1, 0.15) is 11.5 Å². The molecule has 1 aliphatic heterocycles. The Kier molecular flexibility index (Phi) is 8.66. The molecule has 0 amide bonds. The molecule has 2 atom stereocenters. The Balaban J connectivity index is 1.69. The molecule has 3 rings (SSSR count). The van der Waals surface area contributed by atoms with E-state index in [2.05, 4.69) is 4.72 Å². The Morgan fingerprint density at radius 1 is 1.09 bits per heavy atom. The lowest BCUT2D eigenvalue weighted by atomic mass is 10.3. The first-order chi connectivity index (χ1) is 15.3. The molecule has 1 aliphatic rings. The van der Waals surface area contributed by atoms with Crippen LogP contribution >= 0.6 is 7.82 Å². The molecule has 1 saturated heterocycles. The number of benzene rings is 2. The van der Waals surface area contributed by atoms with Crippen molar-refractivity contribution in [1.82, 2.24) is 9.62 Å². The van der Waals surface area contributed by atoms with Crippen LogP contribution in [0.2, 0.25) is 0 Å². The molecule has 12 heteroatoms. The lowest BCUT2D eigenvalue weighted by Gasteiger charge is -2.30. The fourth-order valence-corrected chi connectivity index (χ4v) is 5.09. The van der Waals surface area contributed by atoms with Crippen molar-refractivity contribution in [3.63, 3.8) is 0 Å². The first-order valence-corrected chi connectivity index (χ1v) is 12.9. The van der Waals surface area contributed by atoms with Crippen LogP contribution in [0, 0.1) is 0 Å². The summed E-state index contributed by atoms with van der Waals surface area (Å²) in [7, 11) is -6.90. The predicted octanol–water partition coefficient (Wildman–Crippen LogP) is 1.87. The average Bonchev–Trinajstić information content (AvgIpc) is 2.78. The first-order valence-electron chi connectivity index (χ1n) is 9.97. The summed E-state index contributed by atoms with van der Waals surface area (Å²) in [5.41, 5.74) is 0. The van der Waals surface area contributed by atoms with Gasteiger partial charge in [-0.2, -0.15) is 0 Å². The van der Waals surface area contributed by atoms with E-state index in [9.17, 15) is 17.9 Å². The molecule has 2 unspecified atom stereocenters. The van der Waals surface area contributed by atoms with E-state index in [1.54, 1.807) is 18.2 Å². The molecule has 32 heavy (non-hydrogen) atoms. The first kappa shape index (κ1) is 24.7. The van der Waals surface area contributed by atoms with Gasteiger partial charge in [0.2, 0.25) is 10.0 Å². The van der Waals surface area contributed by atoms with E-state index in [1.165, 1.54) is 43.5 Å². The number of hydrogen-bond acceptors (Lipinski definition) is 8. The van der Waals surface area contributed by atoms with Crippen molar-refractivity contribution in [2.75, 3.05) is 46.5 Å². The average molecular weight is 486 g/mol. The van der Waals surface area contributed by atoms with E-state index < -0.39 is 23.9 Å². The van der Waals surface area contributed by atoms with Gasteiger partial charge in [-0.15, -0.1) is 0 Å². The highest BCUT2D eigenvalue weighted by molar-refractivity contribution is 7.89. The standard InChI is InChI=1S/C20H27N2O8PS/c1-27-17-7-9-20(10-8-17)32(25,26)21-15-19(16-22-11-13-28-14-12-22)30-31(23,24)29-18-5-3-2-4-6-18/h2-10,19,21H,11-16H2,1H3,(H,23,24). The second-order valence-electron chi connectivity index (χ2n) is 7.04. The molecule has 2 aromatic rings. The number of rotatable bonds is 11. The maximum absolute atomic E-state index is 12.7. The molecule has 0 spiro atoms. The molecule has 0 aliphatic carbocycles. The zero-order chi connectivity index (χ0) is 23.0.